The number of aryl methyl sites for hydroxylation is 1. The van der Waals surface area contributed by atoms with Crippen molar-refractivity contribution in [1.29, 1.82) is 0 Å². The molecule has 0 radical (unpaired) electrons. The lowest BCUT2D eigenvalue weighted by Crippen LogP contribution is -2.47. The molecule has 3 aromatic heterocycles. The number of aromatic amines is 1. The van der Waals surface area contributed by atoms with E-state index in [2.05, 4.69) is 63.8 Å². The number of anilines is 2. The Morgan fingerprint density at radius 3 is 2.63 bits per heavy atom. The van der Waals surface area contributed by atoms with Crippen LogP contribution >= 0.6 is 0 Å². The third-order valence-corrected chi connectivity index (χ3v) is 12.3. The topological polar surface area (TPSA) is 201 Å². The smallest absolute Gasteiger partial charge is 0.315 e. The van der Waals surface area contributed by atoms with Crippen LogP contribution in [0.3, 0.4) is 0 Å². The van der Waals surface area contributed by atoms with Crippen molar-refractivity contribution in [2.24, 2.45) is 0 Å². The van der Waals surface area contributed by atoms with E-state index >= 15 is 4.39 Å². The number of carbonyl (C=O) groups excluding carboxylic acids is 3. The minimum Gasteiger partial charge on any atom is -0.495 e. The molecule has 6 aromatic rings. The first-order chi connectivity index (χ1) is 29.0. The minimum absolute atomic E-state index is 0.111. The summed E-state index contributed by atoms with van der Waals surface area (Å²) in [5.74, 6) is 0.0242. The van der Waals surface area contributed by atoms with Gasteiger partial charge in [-0.25, -0.2) is 14.4 Å². The van der Waals surface area contributed by atoms with E-state index in [1.165, 1.54) is 18.0 Å². The van der Waals surface area contributed by atoms with Crippen LogP contribution in [0.2, 0.25) is 0 Å². The van der Waals surface area contributed by atoms with Gasteiger partial charge >= 0.3 is 11.8 Å². The number of ether oxygens (including phenoxy) is 1. The summed E-state index contributed by atoms with van der Waals surface area (Å²) in [6.07, 6.45) is 6.23. The molecule has 16 heteroatoms. The normalized spacial score (nSPS) is 20.1. The summed E-state index contributed by atoms with van der Waals surface area (Å²) in [5.41, 5.74) is 6.31. The Labute approximate surface area is 345 Å². The highest BCUT2D eigenvalue weighted by Gasteiger charge is 2.44. The number of rotatable bonds is 14. The van der Waals surface area contributed by atoms with Crippen LogP contribution in [0.5, 0.6) is 5.75 Å². The zero-order valence-corrected chi connectivity index (χ0v) is 33.9. The number of amides is 3. The Balaban J connectivity index is 0.824. The predicted molar refractivity (Wildman–Crippen MR) is 223 cm³/mol. The molecule has 3 aliphatic rings. The summed E-state index contributed by atoms with van der Waals surface area (Å²) in [5, 5.41) is 21.1. The number of benzene rings is 3. The van der Waals surface area contributed by atoms with Gasteiger partial charge in [-0.1, -0.05) is 24.2 Å². The van der Waals surface area contributed by atoms with Crippen molar-refractivity contribution >= 4 is 51.0 Å². The third kappa shape index (κ3) is 7.62. The largest absolute Gasteiger partial charge is 0.495 e. The Bertz CT molecular complexity index is 2630. The summed E-state index contributed by atoms with van der Waals surface area (Å²) in [7, 11) is 1.62. The number of hydrogen-bond acceptors (Lipinski definition) is 12. The van der Waals surface area contributed by atoms with Crippen molar-refractivity contribution in [3.63, 3.8) is 0 Å². The number of halogens is 1. The number of imide groups is 1. The number of fused-ring (bicyclic) bond motifs is 3. The average molecular weight is 815 g/mol. The number of piperidine rings is 1. The number of H-pyrrole nitrogens is 1. The van der Waals surface area contributed by atoms with Crippen molar-refractivity contribution in [2.45, 2.75) is 88.8 Å². The Morgan fingerprint density at radius 1 is 1.08 bits per heavy atom. The van der Waals surface area contributed by atoms with Crippen molar-refractivity contribution in [3.8, 4) is 17.0 Å². The molecule has 1 saturated heterocycles. The van der Waals surface area contributed by atoms with Gasteiger partial charge in [0.1, 0.15) is 29.6 Å². The lowest BCUT2D eigenvalue weighted by atomic mass is 9.76. The molecule has 6 N–H and O–H groups in total. The van der Waals surface area contributed by atoms with Gasteiger partial charge in [-0.15, -0.1) is 0 Å². The van der Waals surface area contributed by atoms with Crippen LogP contribution in [0, 0.1) is 12.7 Å². The predicted octanol–water partition coefficient (Wildman–Crippen LogP) is 6.32. The minimum atomic E-state index is -0.537. The van der Waals surface area contributed by atoms with Gasteiger partial charge in [-0.05, 0) is 105 Å². The average Bonchev–Trinajstić information content (AvgIpc) is 3.59. The molecule has 0 unspecified atom stereocenters. The first-order valence-corrected chi connectivity index (χ1v) is 20.4. The standard InChI is InChI=1S/C44H47FN10O5/c1-22-15-29(31(45)18-28(22)23(2)50-41(58)42-54-43(55-60-42)44(3)11-12-44)38-37-30-19-35(59-4)34(20-33(30)52-39(37)49-21-48-38)47-14-13-46-27-16-25(17-27)24-5-7-26(8-6-24)51-32-9-10-36(56)53-40(32)57/h5-8,15,18-21,23,25,27,32,46-47,51H,9-14,16-17H2,1-4H3,(H,50,58)(H,48,49,52)(H,53,56,57)/t23-,25?,27?,32-/m1/s1. The van der Waals surface area contributed by atoms with E-state index in [0.717, 1.165) is 60.1 Å². The van der Waals surface area contributed by atoms with Gasteiger partial charge in [0.05, 0.1) is 35.4 Å². The molecule has 3 amide bonds. The summed E-state index contributed by atoms with van der Waals surface area (Å²) in [6.45, 7) is 7.11. The zero-order chi connectivity index (χ0) is 41.7. The second-order valence-corrected chi connectivity index (χ2v) is 16.6. The van der Waals surface area contributed by atoms with E-state index in [4.69, 9.17) is 9.26 Å². The SMILES string of the molecule is COc1cc2c(cc1NCCNC1CC(c3ccc(N[C@@H]4CCC(=O)NC4=O)cc3)C1)[nH]c1ncnc(-c3cc(C)c([C@@H](C)NC(=O)c4nc(C5(C)CC5)no4)cc3F)c12. The Morgan fingerprint density at radius 2 is 1.88 bits per heavy atom. The Kier molecular flexibility index (Phi) is 10.2. The maximum absolute atomic E-state index is 16.1. The summed E-state index contributed by atoms with van der Waals surface area (Å²) in [4.78, 5) is 53.2. The molecule has 15 nitrogen and oxygen atoms in total. The van der Waals surface area contributed by atoms with Crippen LogP contribution in [0.1, 0.15) is 97.5 Å². The van der Waals surface area contributed by atoms with Gasteiger partial charge in [0.25, 0.3) is 0 Å². The van der Waals surface area contributed by atoms with Gasteiger partial charge < -0.3 is 35.5 Å². The highest BCUT2D eigenvalue weighted by Crippen LogP contribution is 2.46. The van der Waals surface area contributed by atoms with Crippen LogP contribution in [-0.4, -0.2) is 75.1 Å². The molecule has 1 aliphatic heterocycles. The van der Waals surface area contributed by atoms with Gasteiger partial charge in [0.15, 0.2) is 5.82 Å². The lowest BCUT2D eigenvalue weighted by Gasteiger charge is -2.36. The fourth-order valence-electron chi connectivity index (χ4n) is 8.33. The van der Waals surface area contributed by atoms with Crippen molar-refractivity contribution in [2.75, 3.05) is 30.8 Å². The van der Waals surface area contributed by atoms with Crippen molar-refractivity contribution < 1.29 is 28.0 Å². The summed E-state index contributed by atoms with van der Waals surface area (Å²) >= 11 is 0. The van der Waals surface area contributed by atoms with Crippen molar-refractivity contribution in [1.82, 2.24) is 41.0 Å². The number of nitrogens with one attached hydrogen (secondary N) is 6. The molecule has 4 heterocycles. The molecule has 0 spiro atoms. The first kappa shape index (κ1) is 39.1. The van der Waals surface area contributed by atoms with Crippen molar-refractivity contribution in [3.05, 3.63) is 89.1 Å². The van der Waals surface area contributed by atoms with Crippen LogP contribution in [0.25, 0.3) is 33.2 Å². The molecule has 2 saturated carbocycles. The molecule has 2 aliphatic carbocycles. The number of carbonyl (C=O) groups is 3. The molecule has 9 rings (SSSR count). The zero-order valence-electron chi connectivity index (χ0n) is 33.9. The highest BCUT2D eigenvalue weighted by molar-refractivity contribution is 6.13. The fourth-order valence-corrected chi connectivity index (χ4v) is 8.33. The van der Waals surface area contributed by atoms with Crippen LogP contribution < -0.4 is 31.3 Å². The third-order valence-electron chi connectivity index (χ3n) is 12.3. The first-order valence-electron chi connectivity index (χ1n) is 20.4. The van der Waals surface area contributed by atoms with E-state index in [0.29, 0.717) is 70.8 Å². The molecular weight excluding hydrogens is 768 g/mol. The van der Waals surface area contributed by atoms with Crippen LogP contribution in [-0.2, 0) is 15.0 Å². The highest BCUT2D eigenvalue weighted by atomic mass is 19.1. The maximum Gasteiger partial charge on any atom is 0.315 e. The quantitative estimate of drug-likeness (QED) is 0.0529. The summed E-state index contributed by atoms with van der Waals surface area (Å²) < 4.78 is 27.2. The molecule has 2 atom stereocenters. The van der Waals surface area contributed by atoms with E-state index < -0.39 is 23.8 Å². The van der Waals surface area contributed by atoms with Gasteiger partial charge in [0, 0.05) is 47.6 Å². The molecule has 60 heavy (non-hydrogen) atoms. The number of aromatic nitrogens is 5. The monoisotopic (exact) mass is 814 g/mol. The van der Waals surface area contributed by atoms with Gasteiger partial charge in [-0.3, -0.25) is 19.7 Å². The Hall–Kier alpha value is -6.42. The molecule has 310 valence electrons. The lowest BCUT2D eigenvalue weighted by molar-refractivity contribution is -0.133. The van der Waals surface area contributed by atoms with Crippen LogP contribution in [0.15, 0.2) is 59.4 Å². The van der Waals surface area contributed by atoms with E-state index in [1.54, 1.807) is 20.1 Å². The molecule has 3 aromatic carbocycles. The second kappa shape index (κ2) is 15.6. The van der Waals surface area contributed by atoms with E-state index in [-0.39, 0.29) is 23.1 Å². The van der Waals surface area contributed by atoms with E-state index in [1.807, 2.05) is 38.1 Å². The van der Waals surface area contributed by atoms with Gasteiger partial charge in [-0.2, -0.15) is 4.98 Å². The maximum atomic E-state index is 16.1. The second-order valence-electron chi connectivity index (χ2n) is 16.6. The number of nitrogens with zero attached hydrogens (tertiary/aromatic N) is 4. The summed E-state index contributed by atoms with van der Waals surface area (Å²) in [6, 6.07) is 14.8. The number of methoxy groups -OCH3 is 1. The molecule has 3 fully saturated rings. The van der Waals surface area contributed by atoms with Crippen LogP contribution in [0.4, 0.5) is 15.8 Å². The fraction of sp³-hybridized carbons (Fsp3) is 0.386. The van der Waals surface area contributed by atoms with Gasteiger partial charge in [0.2, 0.25) is 11.8 Å². The number of hydrogen-bond donors (Lipinski definition) is 6. The molecule has 0 bridgehead atoms. The molecular formula is C44H47FN10O5. The van der Waals surface area contributed by atoms with E-state index in [9.17, 15) is 14.4 Å².